The number of rotatable bonds is 3. The molecule has 0 saturated carbocycles. The molecule has 0 amide bonds. The van der Waals surface area contributed by atoms with Gasteiger partial charge in [-0.25, -0.2) is 4.39 Å². The summed E-state index contributed by atoms with van der Waals surface area (Å²) in [4.78, 5) is 0. The van der Waals surface area contributed by atoms with E-state index in [-0.39, 0.29) is 0 Å². The molecule has 4 heteroatoms. The average Bonchev–Trinajstić information content (AvgIpc) is 2.72. The molecule has 0 fully saturated rings. The van der Waals surface area contributed by atoms with Crippen molar-refractivity contribution in [1.29, 1.82) is 0 Å². The van der Waals surface area contributed by atoms with Gasteiger partial charge in [0.2, 0.25) is 0 Å². The van der Waals surface area contributed by atoms with Gasteiger partial charge in [0.15, 0.2) is 0 Å². The average molecular weight is 248 g/mol. The Balaban J connectivity index is 2.46. The number of hydrogen-bond donors (Lipinski definition) is 1. The van der Waals surface area contributed by atoms with Crippen molar-refractivity contribution in [3.05, 3.63) is 52.6 Å². The van der Waals surface area contributed by atoms with Crippen molar-refractivity contribution in [1.82, 2.24) is 9.78 Å². The lowest BCUT2D eigenvalue weighted by molar-refractivity contribution is 0.203. The number of benzene rings is 1. The third-order valence-electron chi connectivity index (χ3n) is 2.96. The SMILES string of the molecule is CCn1nc(C)cc1C(O)c1cc(C)ccc1F. The lowest BCUT2D eigenvalue weighted by atomic mass is 10.0. The van der Waals surface area contributed by atoms with Gasteiger partial charge in [0, 0.05) is 12.1 Å². The normalized spacial score (nSPS) is 12.7. The Kier molecular flexibility index (Phi) is 3.48. The van der Waals surface area contributed by atoms with Gasteiger partial charge in [0.1, 0.15) is 11.9 Å². The van der Waals surface area contributed by atoms with Gasteiger partial charge in [-0.2, -0.15) is 5.10 Å². The summed E-state index contributed by atoms with van der Waals surface area (Å²) in [6.07, 6.45) is -0.981. The van der Waals surface area contributed by atoms with Gasteiger partial charge in [0.25, 0.3) is 0 Å². The van der Waals surface area contributed by atoms with Crippen molar-refractivity contribution in [2.24, 2.45) is 0 Å². The molecule has 96 valence electrons. The van der Waals surface area contributed by atoms with Crippen LogP contribution in [-0.4, -0.2) is 14.9 Å². The fourth-order valence-corrected chi connectivity index (χ4v) is 2.07. The predicted octanol–water partition coefficient (Wildman–Crippen LogP) is 2.74. The summed E-state index contributed by atoms with van der Waals surface area (Å²) in [5, 5.41) is 14.6. The van der Waals surface area contributed by atoms with Crippen LogP contribution in [0, 0.1) is 19.7 Å². The first-order valence-electron chi connectivity index (χ1n) is 6.01. The highest BCUT2D eigenvalue weighted by Crippen LogP contribution is 2.25. The topological polar surface area (TPSA) is 38.0 Å². The van der Waals surface area contributed by atoms with E-state index in [0.29, 0.717) is 17.8 Å². The van der Waals surface area contributed by atoms with Crippen LogP contribution in [0.4, 0.5) is 4.39 Å². The van der Waals surface area contributed by atoms with Crippen LogP contribution in [0.1, 0.15) is 35.5 Å². The first kappa shape index (κ1) is 12.8. The zero-order valence-corrected chi connectivity index (χ0v) is 10.8. The second-order valence-electron chi connectivity index (χ2n) is 4.45. The van der Waals surface area contributed by atoms with Crippen LogP contribution in [0.3, 0.4) is 0 Å². The molecule has 3 nitrogen and oxygen atoms in total. The standard InChI is InChI=1S/C14H17FN2O/c1-4-17-13(8-10(3)16-17)14(18)11-7-9(2)5-6-12(11)15/h5-8,14,18H,4H2,1-3H3. The molecular formula is C14H17FN2O. The van der Waals surface area contributed by atoms with E-state index in [1.165, 1.54) is 6.07 Å². The molecule has 0 saturated heterocycles. The van der Waals surface area contributed by atoms with E-state index in [9.17, 15) is 9.50 Å². The summed E-state index contributed by atoms with van der Waals surface area (Å²) in [5.41, 5.74) is 2.66. The summed E-state index contributed by atoms with van der Waals surface area (Å²) < 4.78 is 15.5. The molecule has 0 bridgehead atoms. The van der Waals surface area contributed by atoms with Crippen molar-refractivity contribution >= 4 is 0 Å². The predicted molar refractivity (Wildman–Crippen MR) is 67.8 cm³/mol. The summed E-state index contributed by atoms with van der Waals surface area (Å²) in [5.74, 6) is -0.394. The zero-order chi connectivity index (χ0) is 13.3. The molecule has 0 aliphatic heterocycles. The quantitative estimate of drug-likeness (QED) is 0.907. The van der Waals surface area contributed by atoms with E-state index in [4.69, 9.17) is 0 Å². The van der Waals surface area contributed by atoms with E-state index >= 15 is 0 Å². The highest BCUT2D eigenvalue weighted by molar-refractivity contribution is 5.31. The van der Waals surface area contributed by atoms with E-state index < -0.39 is 11.9 Å². The molecule has 1 aromatic carbocycles. The van der Waals surface area contributed by atoms with Gasteiger partial charge in [-0.1, -0.05) is 17.7 Å². The summed E-state index contributed by atoms with van der Waals surface area (Å²) in [7, 11) is 0. The summed E-state index contributed by atoms with van der Waals surface area (Å²) >= 11 is 0. The molecule has 18 heavy (non-hydrogen) atoms. The maximum Gasteiger partial charge on any atom is 0.129 e. The van der Waals surface area contributed by atoms with E-state index in [1.54, 1.807) is 22.9 Å². The molecule has 0 spiro atoms. The fourth-order valence-electron chi connectivity index (χ4n) is 2.07. The van der Waals surface area contributed by atoms with Crippen LogP contribution in [0.15, 0.2) is 24.3 Å². The van der Waals surface area contributed by atoms with Gasteiger partial charge in [0.05, 0.1) is 11.4 Å². The fraction of sp³-hybridized carbons (Fsp3) is 0.357. The molecular weight excluding hydrogens is 231 g/mol. The number of aliphatic hydroxyl groups excluding tert-OH is 1. The molecule has 0 aliphatic rings. The van der Waals surface area contributed by atoms with Crippen LogP contribution in [0.5, 0.6) is 0 Å². The second kappa shape index (κ2) is 4.90. The lowest BCUT2D eigenvalue weighted by Crippen LogP contribution is -2.10. The maximum atomic E-state index is 13.8. The third kappa shape index (κ3) is 2.29. The smallest absolute Gasteiger partial charge is 0.129 e. The third-order valence-corrected chi connectivity index (χ3v) is 2.96. The Morgan fingerprint density at radius 2 is 2.06 bits per heavy atom. The van der Waals surface area contributed by atoms with Gasteiger partial charge in [-0.15, -0.1) is 0 Å². The highest BCUT2D eigenvalue weighted by atomic mass is 19.1. The number of halogens is 1. The van der Waals surface area contributed by atoms with Crippen LogP contribution in [0.2, 0.25) is 0 Å². The maximum absolute atomic E-state index is 13.8. The van der Waals surface area contributed by atoms with Gasteiger partial charge in [-0.05, 0) is 32.9 Å². The minimum atomic E-state index is -0.981. The Labute approximate surface area is 106 Å². The molecule has 1 heterocycles. The first-order chi connectivity index (χ1) is 8.52. The number of aromatic nitrogens is 2. The molecule has 2 aromatic rings. The Hall–Kier alpha value is -1.68. The Morgan fingerprint density at radius 3 is 2.72 bits per heavy atom. The van der Waals surface area contributed by atoms with Crippen LogP contribution in [0.25, 0.3) is 0 Å². The van der Waals surface area contributed by atoms with Crippen molar-refractivity contribution < 1.29 is 9.50 Å². The molecule has 1 unspecified atom stereocenters. The lowest BCUT2D eigenvalue weighted by Gasteiger charge is -2.14. The monoisotopic (exact) mass is 248 g/mol. The second-order valence-corrected chi connectivity index (χ2v) is 4.45. The minimum absolute atomic E-state index is 0.296. The minimum Gasteiger partial charge on any atom is -0.382 e. The van der Waals surface area contributed by atoms with Gasteiger partial charge >= 0.3 is 0 Å². The molecule has 0 radical (unpaired) electrons. The van der Waals surface area contributed by atoms with Crippen molar-refractivity contribution in [3.63, 3.8) is 0 Å². The van der Waals surface area contributed by atoms with Crippen LogP contribution in [-0.2, 0) is 6.54 Å². The van der Waals surface area contributed by atoms with Crippen molar-refractivity contribution in [3.8, 4) is 0 Å². The largest absolute Gasteiger partial charge is 0.382 e. The van der Waals surface area contributed by atoms with Gasteiger partial charge < -0.3 is 5.11 Å². The number of aryl methyl sites for hydroxylation is 3. The van der Waals surface area contributed by atoms with Gasteiger partial charge in [-0.3, -0.25) is 4.68 Å². The molecule has 1 aromatic heterocycles. The van der Waals surface area contributed by atoms with Crippen LogP contribution >= 0.6 is 0 Å². The molecule has 1 atom stereocenters. The van der Waals surface area contributed by atoms with Crippen LogP contribution < -0.4 is 0 Å². The van der Waals surface area contributed by atoms with E-state index in [0.717, 1.165) is 11.3 Å². The van der Waals surface area contributed by atoms with E-state index in [1.807, 2.05) is 20.8 Å². The first-order valence-corrected chi connectivity index (χ1v) is 6.01. The van der Waals surface area contributed by atoms with Crippen molar-refractivity contribution in [2.75, 3.05) is 0 Å². The number of aliphatic hydroxyl groups is 1. The number of nitrogens with zero attached hydrogens (tertiary/aromatic N) is 2. The van der Waals surface area contributed by atoms with Crippen molar-refractivity contribution in [2.45, 2.75) is 33.4 Å². The Bertz CT molecular complexity index is 563. The molecule has 1 N–H and O–H groups in total. The highest BCUT2D eigenvalue weighted by Gasteiger charge is 2.19. The summed E-state index contributed by atoms with van der Waals surface area (Å²) in [6, 6.07) is 6.53. The Morgan fingerprint density at radius 1 is 1.33 bits per heavy atom. The molecule has 0 aliphatic carbocycles. The summed E-state index contributed by atoms with van der Waals surface area (Å²) in [6.45, 7) is 6.32. The molecule has 2 rings (SSSR count). The zero-order valence-electron chi connectivity index (χ0n) is 10.8. The number of hydrogen-bond acceptors (Lipinski definition) is 2. The van der Waals surface area contributed by atoms with E-state index in [2.05, 4.69) is 5.10 Å².